The SMILES string of the molecule is CCCNC(c1ccsc1)C1(C)CCCO1. The maximum absolute atomic E-state index is 5.97. The van der Waals surface area contributed by atoms with E-state index in [9.17, 15) is 0 Å². The molecule has 1 N–H and O–H groups in total. The molecule has 2 nitrogen and oxygen atoms in total. The highest BCUT2D eigenvalue weighted by Gasteiger charge is 2.39. The van der Waals surface area contributed by atoms with E-state index in [0.29, 0.717) is 6.04 Å². The Labute approximate surface area is 102 Å². The maximum Gasteiger partial charge on any atom is 0.0849 e. The Morgan fingerprint density at radius 2 is 2.50 bits per heavy atom. The quantitative estimate of drug-likeness (QED) is 0.850. The average molecular weight is 239 g/mol. The van der Waals surface area contributed by atoms with E-state index in [1.165, 1.54) is 12.0 Å². The van der Waals surface area contributed by atoms with Crippen LogP contribution in [-0.4, -0.2) is 18.8 Å². The Kier molecular flexibility index (Phi) is 4.00. The number of ether oxygens (including phenoxy) is 1. The van der Waals surface area contributed by atoms with E-state index in [0.717, 1.165) is 26.0 Å². The van der Waals surface area contributed by atoms with E-state index in [1.807, 2.05) is 0 Å². The fraction of sp³-hybridized carbons (Fsp3) is 0.692. The van der Waals surface area contributed by atoms with Crippen molar-refractivity contribution in [3.05, 3.63) is 22.4 Å². The van der Waals surface area contributed by atoms with E-state index < -0.39 is 0 Å². The lowest BCUT2D eigenvalue weighted by Gasteiger charge is -2.34. The van der Waals surface area contributed by atoms with E-state index in [-0.39, 0.29) is 5.60 Å². The molecule has 1 aromatic rings. The normalized spacial score (nSPS) is 27.1. The van der Waals surface area contributed by atoms with Gasteiger partial charge in [0.25, 0.3) is 0 Å². The van der Waals surface area contributed by atoms with E-state index >= 15 is 0 Å². The predicted octanol–water partition coefficient (Wildman–Crippen LogP) is 3.36. The highest BCUT2D eigenvalue weighted by Crippen LogP contribution is 2.37. The first-order chi connectivity index (χ1) is 7.76. The summed E-state index contributed by atoms with van der Waals surface area (Å²) in [6, 6.07) is 2.56. The minimum absolute atomic E-state index is 0.0176. The second kappa shape index (κ2) is 5.30. The Balaban J connectivity index is 2.14. The molecule has 0 saturated carbocycles. The van der Waals surface area contributed by atoms with Crippen molar-refractivity contribution in [1.82, 2.24) is 5.32 Å². The molecular weight excluding hydrogens is 218 g/mol. The Hall–Kier alpha value is -0.380. The van der Waals surface area contributed by atoms with Crippen molar-refractivity contribution in [3.63, 3.8) is 0 Å². The van der Waals surface area contributed by atoms with Gasteiger partial charge in [-0.05, 0) is 55.1 Å². The van der Waals surface area contributed by atoms with Crippen molar-refractivity contribution in [2.45, 2.75) is 44.8 Å². The summed E-state index contributed by atoms with van der Waals surface area (Å²) in [6.07, 6.45) is 3.51. The van der Waals surface area contributed by atoms with Gasteiger partial charge in [0.1, 0.15) is 0 Å². The molecule has 16 heavy (non-hydrogen) atoms. The highest BCUT2D eigenvalue weighted by atomic mass is 32.1. The first-order valence-corrected chi connectivity index (χ1v) is 7.10. The lowest BCUT2D eigenvalue weighted by atomic mass is 9.89. The zero-order valence-corrected chi connectivity index (χ0v) is 11.0. The summed E-state index contributed by atoms with van der Waals surface area (Å²) in [7, 11) is 0. The lowest BCUT2D eigenvalue weighted by Crippen LogP contribution is -2.41. The number of thiophene rings is 1. The largest absolute Gasteiger partial charge is 0.373 e. The molecule has 0 radical (unpaired) electrons. The van der Waals surface area contributed by atoms with Gasteiger partial charge in [-0.2, -0.15) is 11.3 Å². The summed E-state index contributed by atoms with van der Waals surface area (Å²) in [4.78, 5) is 0. The van der Waals surface area contributed by atoms with Gasteiger partial charge in [-0.3, -0.25) is 0 Å². The number of nitrogens with one attached hydrogen (secondary N) is 1. The van der Waals surface area contributed by atoms with E-state index in [2.05, 4.69) is 36.0 Å². The molecule has 90 valence electrons. The molecule has 2 rings (SSSR count). The van der Waals surface area contributed by atoms with Crippen LogP contribution in [0.5, 0.6) is 0 Å². The van der Waals surface area contributed by atoms with Crippen molar-refractivity contribution in [2.75, 3.05) is 13.2 Å². The smallest absolute Gasteiger partial charge is 0.0849 e. The minimum atomic E-state index is -0.0176. The van der Waals surface area contributed by atoms with Crippen LogP contribution in [0.1, 0.15) is 44.7 Å². The number of hydrogen-bond donors (Lipinski definition) is 1. The van der Waals surface area contributed by atoms with Crippen LogP contribution in [0.2, 0.25) is 0 Å². The van der Waals surface area contributed by atoms with Gasteiger partial charge in [0, 0.05) is 6.61 Å². The van der Waals surface area contributed by atoms with Gasteiger partial charge >= 0.3 is 0 Å². The third kappa shape index (κ3) is 2.47. The molecular formula is C13H21NOS. The summed E-state index contributed by atoms with van der Waals surface area (Å²) in [5, 5.41) is 8.02. The monoisotopic (exact) mass is 239 g/mol. The molecule has 1 aliphatic heterocycles. The van der Waals surface area contributed by atoms with Gasteiger partial charge in [-0.1, -0.05) is 6.92 Å². The molecule has 0 aromatic carbocycles. The number of rotatable bonds is 5. The van der Waals surface area contributed by atoms with Crippen molar-refractivity contribution < 1.29 is 4.74 Å². The summed E-state index contributed by atoms with van der Waals surface area (Å²) in [5.41, 5.74) is 1.36. The van der Waals surface area contributed by atoms with Crippen LogP contribution in [0.25, 0.3) is 0 Å². The molecule has 3 heteroatoms. The second-order valence-corrected chi connectivity index (χ2v) is 5.49. The fourth-order valence-corrected chi connectivity index (χ4v) is 3.13. The van der Waals surface area contributed by atoms with Crippen molar-refractivity contribution in [1.29, 1.82) is 0 Å². The Bertz CT molecular complexity index is 304. The second-order valence-electron chi connectivity index (χ2n) is 4.71. The van der Waals surface area contributed by atoms with Gasteiger partial charge in [0.05, 0.1) is 11.6 Å². The highest BCUT2D eigenvalue weighted by molar-refractivity contribution is 7.07. The third-order valence-electron chi connectivity index (χ3n) is 3.33. The van der Waals surface area contributed by atoms with Crippen molar-refractivity contribution in [3.8, 4) is 0 Å². The maximum atomic E-state index is 5.97. The van der Waals surface area contributed by atoms with E-state index in [4.69, 9.17) is 4.74 Å². The summed E-state index contributed by atoms with van der Waals surface area (Å²) < 4.78 is 5.97. The summed E-state index contributed by atoms with van der Waals surface area (Å²) in [5.74, 6) is 0. The Morgan fingerprint density at radius 1 is 1.62 bits per heavy atom. The molecule has 2 atom stereocenters. The Morgan fingerprint density at radius 3 is 3.06 bits per heavy atom. The van der Waals surface area contributed by atoms with Crippen LogP contribution in [0, 0.1) is 0 Å². The number of hydrogen-bond acceptors (Lipinski definition) is 3. The molecule has 1 aliphatic rings. The van der Waals surface area contributed by atoms with Gasteiger partial charge in [0.2, 0.25) is 0 Å². The molecule has 1 fully saturated rings. The van der Waals surface area contributed by atoms with Crippen LogP contribution < -0.4 is 5.32 Å². The average Bonchev–Trinajstić information content (AvgIpc) is 2.91. The summed E-state index contributed by atoms with van der Waals surface area (Å²) in [6.45, 7) is 6.41. The van der Waals surface area contributed by atoms with Crippen LogP contribution in [0.15, 0.2) is 16.8 Å². The van der Waals surface area contributed by atoms with Crippen LogP contribution in [-0.2, 0) is 4.74 Å². The summed E-state index contributed by atoms with van der Waals surface area (Å²) >= 11 is 1.76. The molecule has 0 spiro atoms. The van der Waals surface area contributed by atoms with Crippen molar-refractivity contribution >= 4 is 11.3 Å². The zero-order chi connectivity index (χ0) is 11.4. The molecule has 2 unspecified atom stereocenters. The molecule has 0 amide bonds. The molecule has 1 saturated heterocycles. The van der Waals surface area contributed by atoms with Crippen LogP contribution in [0.4, 0.5) is 0 Å². The van der Waals surface area contributed by atoms with Crippen molar-refractivity contribution in [2.24, 2.45) is 0 Å². The molecule has 0 bridgehead atoms. The third-order valence-corrected chi connectivity index (χ3v) is 4.04. The standard InChI is InChI=1S/C13H21NOS/c1-3-7-14-12(11-5-9-16-10-11)13(2)6-4-8-15-13/h5,9-10,12,14H,3-4,6-8H2,1-2H3. The van der Waals surface area contributed by atoms with Crippen LogP contribution in [0.3, 0.4) is 0 Å². The topological polar surface area (TPSA) is 21.3 Å². The predicted molar refractivity (Wildman–Crippen MR) is 68.9 cm³/mol. The van der Waals surface area contributed by atoms with E-state index in [1.54, 1.807) is 11.3 Å². The first kappa shape index (κ1) is 12.1. The zero-order valence-electron chi connectivity index (χ0n) is 10.2. The van der Waals surface area contributed by atoms with Gasteiger partial charge in [0.15, 0.2) is 0 Å². The molecule has 2 heterocycles. The first-order valence-electron chi connectivity index (χ1n) is 6.16. The van der Waals surface area contributed by atoms with Gasteiger partial charge in [-0.25, -0.2) is 0 Å². The minimum Gasteiger partial charge on any atom is -0.373 e. The van der Waals surface area contributed by atoms with Gasteiger partial charge < -0.3 is 10.1 Å². The van der Waals surface area contributed by atoms with Crippen LogP contribution >= 0.6 is 11.3 Å². The molecule has 1 aromatic heterocycles. The van der Waals surface area contributed by atoms with Gasteiger partial charge in [-0.15, -0.1) is 0 Å². The fourth-order valence-electron chi connectivity index (χ4n) is 2.44. The lowest BCUT2D eigenvalue weighted by molar-refractivity contribution is -0.0123. The molecule has 0 aliphatic carbocycles.